The third-order valence-corrected chi connectivity index (χ3v) is 5.04. The second-order valence-corrected chi connectivity index (χ2v) is 6.62. The smallest absolute Gasteiger partial charge is 0.270 e. The Bertz CT molecular complexity index is 555. The van der Waals surface area contributed by atoms with Gasteiger partial charge in [0.05, 0.1) is 17.7 Å². The number of nitrogens with zero attached hydrogens (tertiary/aromatic N) is 3. The molecule has 3 heterocycles. The summed E-state index contributed by atoms with van der Waals surface area (Å²) in [5.41, 5.74) is 0.643. The van der Waals surface area contributed by atoms with Crippen LogP contribution < -0.4 is 0 Å². The molecule has 128 valence electrons. The summed E-state index contributed by atoms with van der Waals surface area (Å²) in [5.74, 6) is 0.0503. The van der Waals surface area contributed by atoms with Crippen molar-refractivity contribution in [3.8, 4) is 0 Å². The molecule has 0 aromatic carbocycles. The zero-order valence-corrected chi connectivity index (χ0v) is 14.5. The van der Waals surface area contributed by atoms with Gasteiger partial charge >= 0.3 is 0 Å². The van der Waals surface area contributed by atoms with E-state index in [0.29, 0.717) is 23.4 Å². The molecule has 0 aliphatic carbocycles. The van der Waals surface area contributed by atoms with Crippen molar-refractivity contribution >= 4 is 17.5 Å². The number of hydrogen-bond donors (Lipinski definition) is 0. The molecule has 2 unspecified atom stereocenters. The Morgan fingerprint density at radius 3 is 2.70 bits per heavy atom. The quantitative estimate of drug-likeness (QED) is 0.830. The first-order valence-corrected chi connectivity index (χ1v) is 8.43. The predicted molar refractivity (Wildman–Crippen MR) is 87.9 cm³/mol. The van der Waals surface area contributed by atoms with Gasteiger partial charge in [-0.15, -0.1) is 0 Å². The van der Waals surface area contributed by atoms with Crippen molar-refractivity contribution in [2.75, 3.05) is 46.5 Å². The van der Waals surface area contributed by atoms with Crippen molar-refractivity contribution in [2.24, 2.45) is 7.05 Å². The lowest BCUT2D eigenvalue weighted by Gasteiger charge is -2.43. The van der Waals surface area contributed by atoms with Gasteiger partial charge in [0.1, 0.15) is 5.69 Å². The van der Waals surface area contributed by atoms with Gasteiger partial charge in [0.15, 0.2) is 0 Å². The SMILES string of the molecule is COC1COCCC1N1CCN(C(=O)c2cc(Cl)cn2C)CC1. The Kier molecular flexibility index (Phi) is 5.26. The van der Waals surface area contributed by atoms with Crippen molar-refractivity contribution in [1.82, 2.24) is 14.4 Å². The van der Waals surface area contributed by atoms with Gasteiger partial charge in [-0.05, 0) is 12.5 Å². The summed E-state index contributed by atoms with van der Waals surface area (Å²) in [7, 11) is 3.59. The summed E-state index contributed by atoms with van der Waals surface area (Å²) in [6, 6.07) is 2.12. The minimum absolute atomic E-state index is 0.0503. The molecular formula is C16H24ClN3O3. The lowest BCUT2D eigenvalue weighted by atomic mass is 10.0. The summed E-state index contributed by atoms with van der Waals surface area (Å²) < 4.78 is 12.8. The first kappa shape index (κ1) is 16.8. The molecule has 6 nitrogen and oxygen atoms in total. The fourth-order valence-corrected chi connectivity index (χ4v) is 3.75. The molecule has 1 amide bonds. The molecule has 2 aliphatic rings. The Morgan fingerprint density at radius 1 is 1.35 bits per heavy atom. The number of ether oxygens (including phenoxy) is 2. The zero-order chi connectivity index (χ0) is 16.4. The van der Waals surface area contributed by atoms with Crippen LogP contribution >= 0.6 is 11.6 Å². The molecule has 0 radical (unpaired) electrons. The Balaban J connectivity index is 1.59. The predicted octanol–water partition coefficient (Wildman–Crippen LogP) is 1.24. The van der Waals surface area contributed by atoms with E-state index in [2.05, 4.69) is 4.90 Å². The summed E-state index contributed by atoms with van der Waals surface area (Å²) >= 11 is 5.98. The zero-order valence-electron chi connectivity index (χ0n) is 13.7. The summed E-state index contributed by atoms with van der Waals surface area (Å²) in [6.45, 7) is 4.64. The van der Waals surface area contributed by atoms with Crippen molar-refractivity contribution in [3.05, 3.63) is 23.0 Å². The average Bonchev–Trinajstić information content (AvgIpc) is 2.92. The number of methoxy groups -OCH3 is 1. The minimum atomic E-state index is 0.0503. The Labute approximate surface area is 141 Å². The molecule has 0 spiro atoms. The van der Waals surface area contributed by atoms with E-state index in [0.717, 1.165) is 39.2 Å². The molecule has 0 saturated carbocycles. The average molecular weight is 342 g/mol. The van der Waals surface area contributed by atoms with E-state index in [9.17, 15) is 4.79 Å². The van der Waals surface area contributed by atoms with Crippen LogP contribution in [0, 0.1) is 0 Å². The van der Waals surface area contributed by atoms with E-state index in [-0.39, 0.29) is 12.0 Å². The van der Waals surface area contributed by atoms with Gasteiger partial charge in [-0.25, -0.2) is 0 Å². The Morgan fingerprint density at radius 2 is 2.09 bits per heavy atom. The normalized spacial score (nSPS) is 26.5. The van der Waals surface area contributed by atoms with Gasteiger partial charge in [-0.1, -0.05) is 11.6 Å². The van der Waals surface area contributed by atoms with Crippen molar-refractivity contribution in [1.29, 1.82) is 0 Å². The monoisotopic (exact) mass is 341 g/mol. The molecule has 3 rings (SSSR count). The van der Waals surface area contributed by atoms with Crippen LogP contribution in [0.1, 0.15) is 16.9 Å². The maximum atomic E-state index is 12.6. The highest BCUT2D eigenvalue weighted by Gasteiger charge is 2.34. The van der Waals surface area contributed by atoms with E-state index in [4.69, 9.17) is 21.1 Å². The fourth-order valence-electron chi connectivity index (χ4n) is 3.50. The number of hydrogen-bond acceptors (Lipinski definition) is 4. The van der Waals surface area contributed by atoms with Gasteiger partial charge in [0.2, 0.25) is 0 Å². The van der Waals surface area contributed by atoms with Crippen LogP contribution in [-0.2, 0) is 16.5 Å². The molecule has 2 atom stereocenters. The van der Waals surface area contributed by atoms with E-state index in [1.807, 2.05) is 11.9 Å². The van der Waals surface area contributed by atoms with Gasteiger partial charge < -0.3 is 18.9 Å². The molecule has 23 heavy (non-hydrogen) atoms. The number of rotatable bonds is 3. The maximum absolute atomic E-state index is 12.6. The third-order valence-electron chi connectivity index (χ3n) is 4.83. The lowest BCUT2D eigenvalue weighted by molar-refractivity contribution is -0.0887. The van der Waals surface area contributed by atoms with Crippen LogP contribution in [0.15, 0.2) is 12.3 Å². The van der Waals surface area contributed by atoms with Gasteiger partial charge in [-0.2, -0.15) is 0 Å². The first-order valence-electron chi connectivity index (χ1n) is 8.06. The van der Waals surface area contributed by atoms with E-state index in [1.54, 1.807) is 23.9 Å². The first-order chi connectivity index (χ1) is 11.1. The molecule has 0 bridgehead atoms. The number of carbonyl (C=O) groups excluding carboxylic acids is 1. The summed E-state index contributed by atoms with van der Waals surface area (Å²) in [6.07, 6.45) is 2.87. The van der Waals surface area contributed by atoms with Crippen molar-refractivity contribution in [2.45, 2.75) is 18.6 Å². The number of halogens is 1. The van der Waals surface area contributed by atoms with Crippen molar-refractivity contribution in [3.63, 3.8) is 0 Å². The molecule has 7 heteroatoms. The molecule has 2 fully saturated rings. The fraction of sp³-hybridized carbons (Fsp3) is 0.688. The molecule has 2 aliphatic heterocycles. The second kappa shape index (κ2) is 7.21. The van der Waals surface area contributed by atoms with Crippen LogP contribution in [0.2, 0.25) is 5.02 Å². The van der Waals surface area contributed by atoms with Gasteiger partial charge in [0.25, 0.3) is 5.91 Å². The van der Waals surface area contributed by atoms with E-state index >= 15 is 0 Å². The number of piperazine rings is 1. The van der Waals surface area contributed by atoms with Gasteiger partial charge in [-0.3, -0.25) is 9.69 Å². The number of carbonyl (C=O) groups is 1. The van der Waals surface area contributed by atoms with Crippen LogP contribution in [-0.4, -0.2) is 78.9 Å². The van der Waals surface area contributed by atoms with Crippen LogP contribution in [0.5, 0.6) is 0 Å². The van der Waals surface area contributed by atoms with Crippen molar-refractivity contribution < 1.29 is 14.3 Å². The maximum Gasteiger partial charge on any atom is 0.270 e. The summed E-state index contributed by atoms with van der Waals surface area (Å²) in [5, 5.41) is 0.597. The Hall–Kier alpha value is -1.08. The molecule has 1 aromatic rings. The standard InChI is InChI=1S/C16H24ClN3O3/c1-18-10-12(17)9-14(18)16(21)20-6-4-19(5-7-20)13-3-8-23-11-15(13)22-2/h9-10,13,15H,3-8,11H2,1-2H3. The topological polar surface area (TPSA) is 46.9 Å². The number of amides is 1. The van der Waals surface area contributed by atoms with E-state index in [1.165, 1.54) is 0 Å². The molecular weight excluding hydrogens is 318 g/mol. The molecule has 2 saturated heterocycles. The van der Waals surface area contributed by atoms with Crippen LogP contribution in [0.3, 0.4) is 0 Å². The van der Waals surface area contributed by atoms with Gasteiger partial charge in [0, 0.05) is 59.2 Å². The minimum Gasteiger partial charge on any atom is -0.379 e. The number of aromatic nitrogens is 1. The highest BCUT2D eigenvalue weighted by molar-refractivity contribution is 6.31. The third kappa shape index (κ3) is 3.55. The molecule has 0 N–H and O–H groups in total. The summed E-state index contributed by atoms with van der Waals surface area (Å²) in [4.78, 5) is 17.0. The van der Waals surface area contributed by atoms with Crippen LogP contribution in [0.4, 0.5) is 0 Å². The number of aryl methyl sites for hydroxylation is 1. The largest absolute Gasteiger partial charge is 0.379 e. The second-order valence-electron chi connectivity index (χ2n) is 6.19. The van der Waals surface area contributed by atoms with E-state index < -0.39 is 0 Å². The highest BCUT2D eigenvalue weighted by Crippen LogP contribution is 2.21. The highest BCUT2D eigenvalue weighted by atomic mass is 35.5. The molecule has 1 aromatic heterocycles. The van der Waals surface area contributed by atoms with Crippen LogP contribution in [0.25, 0.3) is 0 Å². The lowest BCUT2D eigenvalue weighted by Crippen LogP contribution is -2.57.